The minimum Gasteiger partial charge on any atom is -0.298 e. The van der Waals surface area contributed by atoms with Crippen LogP contribution in [0.5, 0.6) is 0 Å². The fourth-order valence-electron chi connectivity index (χ4n) is 1.29. The molecular formula is C10H14N2O. The van der Waals surface area contributed by atoms with Crippen LogP contribution in [0.2, 0.25) is 0 Å². The van der Waals surface area contributed by atoms with E-state index in [0.29, 0.717) is 12.1 Å². The van der Waals surface area contributed by atoms with Crippen LogP contribution in [0.15, 0.2) is 12.2 Å². The molecule has 0 N–H and O–H groups in total. The van der Waals surface area contributed by atoms with E-state index in [9.17, 15) is 4.79 Å². The lowest BCUT2D eigenvalue weighted by atomic mass is 10.2. The van der Waals surface area contributed by atoms with Gasteiger partial charge in [-0.3, -0.25) is 9.48 Å². The Morgan fingerprint density at radius 1 is 1.62 bits per heavy atom. The third-order valence-corrected chi connectivity index (χ3v) is 1.97. The first-order valence-corrected chi connectivity index (χ1v) is 4.19. The van der Waals surface area contributed by atoms with Crippen molar-refractivity contribution in [1.29, 1.82) is 0 Å². The van der Waals surface area contributed by atoms with Crippen molar-refractivity contribution in [2.24, 2.45) is 0 Å². The van der Waals surface area contributed by atoms with Crippen molar-refractivity contribution >= 4 is 6.29 Å². The van der Waals surface area contributed by atoms with Gasteiger partial charge in [-0.25, -0.2) is 0 Å². The zero-order valence-electron chi connectivity index (χ0n) is 8.29. The summed E-state index contributed by atoms with van der Waals surface area (Å²) in [4.78, 5) is 10.7. The fraction of sp³-hybridized carbons (Fsp3) is 0.400. The Bertz CT molecular complexity index is 350. The quantitative estimate of drug-likeness (QED) is 0.523. The number of hydrogen-bond donors (Lipinski definition) is 0. The highest BCUT2D eigenvalue weighted by atomic mass is 16.1. The molecule has 1 rings (SSSR count). The summed E-state index contributed by atoms with van der Waals surface area (Å²) in [7, 11) is 0. The molecule has 0 aliphatic rings. The SMILES string of the molecule is C=C(C)Cn1nc(C)c(C=O)c1C. The van der Waals surface area contributed by atoms with Gasteiger partial charge in [0.1, 0.15) is 0 Å². The maximum Gasteiger partial charge on any atom is 0.153 e. The van der Waals surface area contributed by atoms with E-state index in [1.807, 2.05) is 20.8 Å². The maximum atomic E-state index is 10.7. The average Bonchev–Trinajstić information content (AvgIpc) is 2.26. The van der Waals surface area contributed by atoms with Gasteiger partial charge in [0.2, 0.25) is 0 Å². The van der Waals surface area contributed by atoms with Gasteiger partial charge in [0.15, 0.2) is 6.29 Å². The predicted molar refractivity (Wildman–Crippen MR) is 51.9 cm³/mol. The Morgan fingerprint density at radius 2 is 2.23 bits per heavy atom. The Balaban J connectivity index is 3.10. The molecule has 0 fully saturated rings. The lowest BCUT2D eigenvalue weighted by Gasteiger charge is -2.02. The van der Waals surface area contributed by atoms with Crippen LogP contribution in [0.1, 0.15) is 28.7 Å². The molecule has 3 heteroatoms. The Morgan fingerprint density at radius 3 is 2.62 bits per heavy atom. The van der Waals surface area contributed by atoms with E-state index < -0.39 is 0 Å². The highest BCUT2D eigenvalue weighted by Crippen LogP contribution is 2.11. The number of carbonyl (C=O) groups is 1. The number of aldehydes is 1. The van der Waals surface area contributed by atoms with Gasteiger partial charge in [0.05, 0.1) is 17.8 Å². The zero-order chi connectivity index (χ0) is 10.0. The number of nitrogens with zero attached hydrogens (tertiary/aromatic N) is 2. The molecule has 0 saturated carbocycles. The predicted octanol–water partition coefficient (Wildman–Crippen LogP) is 1.89. The largest absolute Gasteiger partial charge is 0.298 e. The highest BCUT2D eigenvalue weighted by molar-refractivity contribution is 5.78. The summed E-state index contributed by atoms with van der Waals surface area (Å²) >= 11 is 0. The summed E-state index contributed by atoms with van der Waals surface area (Å²) in [6.07, 6.45) is 0.854. The molecular weight excluding hydrogens is 164 g/mol. The lowest BCUT2D eigenvalue weighted by Crippen LogP contribution is -2.03. The van der Waals surface area contributed by atoms with E-state index in [-0.39, 0.29) is 0 Å². The van der Waals surface area contributed by atoms with Crippen molar-refractivity contribution in [3.8, 4) is 0 Å². The number of aryl methyl sites for hydroxylation is 1. The van der Waals surface area contributed by atoms with Gasteiger partial charge in [0.25, 0.3) is 0 Å². The molecule has 0 atom stereocenters. The third kappa shape index (κ3) is 1.86. The number of carbonyl (C=O) groups excluding carboxylic acids is 1. The summed E-state index contributed by atoms with van der Waals surface area (Å²) in [6.45, 7) is 10.2. The van der Waals surface area contributed by atoms with Gasteiger partial charge in [-0.15, -0.1) is 0 Å². The topological polar surface area (TPSA) is 34.9 Å². The second-order valence-corrected chi connectivity index (χ2v) is 3.32. The molecule has 0 aliphatic carbocycles. The second-order valence-electron chi connectivity index (χ2n) is 3.32. The molecule has 0 aromatic carbocycles. The molecule has 13 heavy (non-hydrogen) atoms. The van der Waals surface area contributed by atoms with Crippen LogP contribution in [-0.2, 0) is 6.54 Å². The number of aromatic nitrogens is 2. The van der Waals surface area contributed by atoms with Crippen molar-refractivity contribution in [2.45, 2.75) is 27.3 Å². The van der Waals surface area contributed by atoms with Gasteiger partial charge in [0, 0.05) is 5.69 Å². The lowest BCUT2D eigenvalue weighted by molar-refractivity contribution is 0.112. The van der Waals surface area contributed by atoms with Crippen LogP contribution in [0, 0.1) is 13.8 Å². The first kappa shape index (κ1) is 9.71. The van der Waals surface area contributed by atoms with Crippen molar-refractivity contribution in [2.75, 3.05) is 0 Å². The van der Waals surface area contributed by atoms with Crippen molar-refractivity contribution in [1.82, 2.24) is 9.78 Å². The Labute approximate surface area is 78.1 Å². The van der Waals surface area contributed by atoms with E-state index in [4.69, 9.17) is 0 Å². The summed E-state index contributed by atoms with van der Waals surface area (Å²) in [5, 5.41) is 4.25. The average molecular weight is 178 g/mol. The molecule has 0 unspecified atom stereocenters. The molecule has 3 nitrogen and oxygen atoms in total. The molecule has 0 amide bonds. The van der Waals surface area contributed by atoms with Crippen LogP contribution < -0.4 is 0 Å². The second kappa shape index (κ2) is 3.56. The number of allylic oxidation sites excluding steroid dienone is 1. The first-order chi connectivity index (χ1) is 6.06. The van der Waals surface area contributed by atoms with Crippen LogP contribution in [0.4, 0.5) is 0 Å². The molecule has 1 aromatic heterocycles. The van der Waals surface area contributed by atoms with Crippen LogP contribution in [0.25, 0.3) is 0 Å². The standard InChI is InChI=1S/C10H14N2O/c1-7(2)5-12-9(4)10(6-13)8(3)11-12/h6H,1,5H2,2-4H3. The van der Waals surface area contributed by atoms with E-state index in [2.05, 4.69) is 11.7 Å². The Hall–Kier alpha value is -1.38. The highest BCUT2D eigenvalue weighted by Gasteiger charge is 2.09. The smallest absolute Gasteiger partial charge is 0.153 e. The van der Waals surface area contributed by atoms with Crippen molar-refractivity contribution in [3.63, 3.8) is 0 Å². The monoisotopic (exact) mass is 178 g/mol. The van der Waals surface area contributed by atoms with E-state index in [1.165, 1.54) is 0 Å². The summed E-state index contributed by atoms with van der Waals surface area (Å²) in [6, 6.07) is 0. The zero-order valence-corrected chi connectivity index (χ0v) is 8.29. The molecule has 70 valence electrons. The third-order valence-electron chi connectivity index (χ3n) is 1.97. The van der Waals surface area contributed by atoms with Crippen LogP contribution in [-0.4, -0.2) is 16.1 Å². The van der Waals surface area contributed by atoms with Crippen LogP contribution in [0.3, 0.4) is 0 Å². The Kier molecular flexibility index (Phi) is 2.66. The minimum atomic E-state index is 0.681. The molecule has 0 radical (unpaired) electrons. The number of rotatable bonds is 3. The number of hydrogen-bond acceptors (Lipinski definition) is 2. The summed E-state index contributed by atoms with van der Waals surface area (Å²) in [5.41, 5.74) is 3.42. The van der Waals surface area contributed by atoms with Gasteiger partial charge in [-0.05, 0) is 20.8 Å². The maximum absolute atomic E-state index is 10.7. The van der Waals surface area contributed by atoms with Gasteiger partial charge in [-0.1, -0.05) is 12.2 Å². The van der Waals surface area contributed by atoms with Crippen molar-refractivity contribution < 1.29 is 4.79 Å². The molecule has 0 bridgehead atoms. The molecule has 1 aromatic rings. The molecule has 0 spiro atoms. The van der Waals surface area contributed by atoms with Crippen LogP contribution >= 0.6 is 0 Å². The first-order valence-electron chi connectivity index (χ1n) is 4.19. The van der Waals surface area contributed by atoms with Gasteiger partial charge in [-0.2, -0.15) is 5.10 Å². The van der Waals surface area contributed by atoms with E-state index >= 15 is 0 Å². The van der Waals surface area contributed by atoms with Gasteiger partial charge >= 0.3 is 0 Å². The molecule has 0 aliphatic heterocycles. The minimum absolute atomic E-state index is 0.681. The molecule has 1 heterocycles. The van der Waals surface area contributed by atoms with Crippen molar-refractivity contribution in [3.05, 3.63) is 29.1 Å². The normalized spacial score (nSPS) is 10.1. The molecule has 0 saturated heterocycles. The summed E-state index contributed by atoms with van der Waals surface area (Å²) < 4.78 is 1.81. The van der Waals surface area contributed by atoms with Gasteiger partial charge < -0.3 is 0 Å². The summed E-state index contributed by atoms with van der Waals surface area (Å²) in [5.74, 6) is 0. The fourth-order valence-corrected chi connectivity index (χ4v) is 1.29. The van der Waals surface area contributed by atoms with E-state index in [1.54, 1.807) is 4.68 Å². The van der Waals surface area contributed by atoms with E-state index in [0.717, 1.165) is 23.2 Å².